The highest BCUT2D eigenvalue weighted by molar-refractivity contribution is 5.95. The molecule has 0 atom stereocenters. The number of nitrogens with zero attached hydrogens (tertiary/aromatic N) is 2. The Labute approximate surface area is 97.6 Å². The van der Waals surface area contributed by atoms with E-state index in [4.69, 9.17) is 16.9 Å². The maximum Gasteiger partial charge on any atom is 0.195 e. The summed E-state index contributed by atoms with van der Waals surface area (Å²) in [5, 5.41) is 9.42. The van der Waals surface area contributed by atoms with E-state index in [2.05, 4.69) is 42.9 Å². The van der Waals surface area contributed by atoms with Crippen LogP contribution in [0.15, 0.2) is 4.99 Å². The predicted octanol–water partition coefficient (Wildman–Crippen LogP) is -0.0970. The van der Waals surface area contributed by atoms with E-state index in [1.165, 1.54) is 0 Å². The SMILES string of the molecule is CC(C)N(CCN=C(N)NC(=N)N)C(C)C. The molecule has 0 aliphatic rings. The standard InChI is InChI=1S/C10H24N6/c1-7(2)16(8(3)4)6-5-14-10(13)15-9(11)12/h7-8H,5-6H2,1-4H3,(H6,11,12,13,14,15). The van der Waals surface area contributed by atoms with Crippen LogP contribution in [0, 0.1) is 5.41 Å². The lowest BCUT2D eigenvalue weighted by molar-refractivity contribution is 0.181. The fourth-order valence-corrected chi connectivity index (χ4v) is 1.58. The van der Waals surface area contributed by atoms with Gasteiger partial charge < -0.3 is 11.5 Å². The van der Waals surface area contributed by atoms with Gasteiger partial charge >= 0.3 is 0 Å². The van der Waals surface area contributed by atoms with Crippen LogP contribution in [0.25, 0.3) is 0 Å². The fourth-order valence-electron chi connectivity index (χ4n) is 1.58. The summed E-state index contributed by atoms with van der Waals surface area (Å²) < 4.78 is 0. The quantitative estimate of drug-likeness (QED) is 0.390. The number of aliphatic imine (C=N–C) groups is 1. The van der Waals surface area contributed by atoms with Crippen molar-refractivity contribution in [1.29, 1.82) is 5.41 Å². The molecule has 94 valence electrons. The van der Waals surface area contributed by atoms with Crippen molar-refractivity contribution in [1.82, 2.24) is 10.2 Å². The third-order valence-corrected chi connectivity index (χ3v) is 2.23. The zero-order valence-electron chi connectivity index (χ0n) is 10.6. The van der Waals surface area contributed by atoms with E-state index < -0.39 is 0 Å². The van der Waals surface area contributed by atoms with E-state index in [1.54, 1.807) is 0 Å². The molecule has 6 heteroatoms. The van der Waals surface area contributed by atoms with Gasteiger partial charge in [-0.1, -0.05) is 0 Å². The Kier molecular flexibility index (Phi) is 6.48. The van der Waals surface area contributed by atoms with Crippen LogP contribution < -0.4 is 16.8 Å². The van der Waals surface area contributed by atoms with Crippen molar-refractivity contribution in [3.8, 4) is 0 Å². The highest BCUT2D eigenvalue weighted by Gasteiger charge is 2.11. The molecule has 16 heavy (non-hydrogen) atoms. The lowest BCUT2D eigenvalue weighted by atomic mass is 10.2. The molecule has 0 saturated heterocycles. The molecule has 0 spiro atoms. The number of hydrogen-bond acceptors (Lipinski definition) is 3. The van der Waals surface area contributed by atoms with E-state index in [1.807, 2.05) is 0 Å². The molecule has 0 heterocycles. The second kappa shape index (κ2) is 7.05. The van der Waals surface area contributed by atoms with Crippen LogP contribution >= 0.6 is 0 Å². The van der Waals surface area contributed by atoms with Gasteiger partial charge in [0.1, 0.15) is 0 Å². The number of nitrogens with two attached hydrogens (primary N) is 2. The Morgan fingerprint density at radius 1 is 1.25 bits per heavy atom. The van der Waals surface area contributed by atoms with Crippen molar-refractivity contribution in [3.63, 3.8) is 0 Å². The van der Waals surface area contributed by atoms with Gasteiger partial charge in [0, 0.05) is 18.6 Å². The van der Waals surface area contributed by atoms with Gasteiger partial charge in [0.2, 0.25) is 0 Å². The van der Waals surface area contributed by atoms with Crippen LogP contribution in [0.1, 0.15) is 27.7 Å². The number of hydrogen-bond donors (Lipinski definition) is 4. The Hall–Kier alpha value is -1.30. The zero-order valence-corrected chi connectivity index (χ0v) is 10.6. The molecule has 0 fully saturated rings. The van der Waals surface area contributed by atoms with Gasteiger partial charge in [0.15, 0.2) is 11.9 Å². The first-order valence-corrected chi connectivity index (χ1v) is 5.51. The third-order valence-electron chi connectivity index (χ3n) is 2.23. The lowest BCUT2D eigenvalue weighted by Gasteiger charge is -2.29. The first kappa shape index (κ1) is 14.7. The molecule has 6 N–H and O–H groups in total. The summed E-state index contributed by atoms with van der Waals surface area (Å²) in [7, 11) is 0. The summed E-state index contributed by atoms with van der Waals surface area (Å²) in [5.41, 5.74) is 10.6. The number of nitrogens with one attached hydrogen (secondary N) is 2. The fraction of sp³-hybridized carbons (Fsp3) is 0.800. The molecule has 0 aromatic heterocycles. The zero-order chi connectivity index (χ0) is 12.7. The van der Waals surface area contributed by atoms with E-state index in [0.717, 1.165) is 6.54 Å². The topological polar surface area (TPSA) is 104 Å². The Balaban J connectivity index is 4.07. The first-order valence-electron chi connectivity index (χ1n) is 5.51. The number of rotatable bonds is 5. The summed E-state index contributed by atoms with van der Waals surface area (Å²) in [6.45, 7) is 10.1. The molecule has 0 bridgehead atoms. The van der Waals surface area contributed by atoms with Crippen LogP contribution in [0.5, 0.6) is 0 Å². The molecule has 0 rings (SSSR count). The van der Waals surface area contributed by atoms with E-state index in [9.17, 15) is 0 Å². The lowest BCUT2D eigenvalue weighted by Crippen LogP contribution is -2.42. The third kappa shape index (κ3) is 6.23. The van der Waals surface area contributed by atoms with E-state index in [0.29, 0.717) is 18.6 Å². The molecule has 0 aromatic rings. The van der Waals surface area contributed by atoms with Gasteiger partial charge in [0.05, 0.1) is 6.54 Å². The molecule has 0 amide bonds. The van der Waals surface area contributed by atoms with Gasteiger partial charge in [0.25, 0.3) is 0 Å². The molecule has 0 aliphatic carbocycles. The molecular formula is C10H24N6. The molecule has 0 aromatic carbocycles. The van der Waals surface area contributed by atoms with Crippen molar-refractivity contribution in [2.75, 3.05) is 13.1 Å². The smallest absolute Gasteiger partial charge is 0.195 e. The second-order valence-corrected chi connectivity index (χ2v) is 4.23. The summed E-state index contributed by atoms with van der Waals surface area (Å²) in [5.74, 6) is 0.00536. The van der Waals surface area contributed by atoms with Gasteiger partial charge in [-0.05, 0) is 27.7 Å². The Morgan fingerprint density at radius 3 is 2.12 bits per heavy atom. The highest BCUT2D eigenvalue weighted by Crippen LogP contribution is 2.03. The molecular weight excluding hydrogens is 204 g/mol. The van der Waals surface area contributed by atoms with E-state index >= 15 is 0 Å². The average molecular weight is 228 g/mol. The monoisotopic (exact) mass is 228 g/mol. The van der Waals surface area contributed by atoms with Crippen molar-refractivity contribution >= 4 is 11.9 Å². The van der Waals surface area contributed by atoms with Crippen LogP contribution in [0.3, 0.4) is 0 Å². The van der Waals surface area contributed by atoms with E-state index in [-0.39, 0.29) is 11.9 Å². The van der Waals surface area contributed by atoms with Gasteiger partial charge in [-0.25, -0.2) is 0 Å². The summed E-state index contributed by atoms with van der Waals surface area (Å²) in [6, 6.07) is 0.967. The van der Waals surface area contributed by atoms with Gasteiger partial charge in [-0.3, -0.25) is 20.6 Å². The Morgan fingerprint density at radius 2 is 1.75 bits per heavy atom. The van der Waals surface area contributed by atoms with Crippen LogP contribution in [-0.2, 0) is 0 Å². The Bertz CT molecular complexity index is 238. The van der Waals surface area contributed by atoms with Crippen molar-refractivity contribution in [2.45, 2.75) is 39.8 Å². The number of guanidine groups is 2. The van der Waals surface area contributed by atoms with Crippen molar-refractivity contribution < 1.29 is 0 Å². The van der Waals surface area contributed by atoms with Crippen molar-refractivity contribution in [3.05, 3.63) is 0 Å². The summed E-state index contributed by atoms with van der Waals surface area (Å²) >= 11 is 0. The maximum absolute atomic E-state index is 6.98. The largest absolute Gasteiger partial charge is 0.370 e. The van der Waals surface area contributed by atoms with Gasteiger partial charge in [-0.2, -0.15) is 0 Å². The van der Waals surface area contributed by atoms with Crippen LogP contribution in [-0.4, -0.2) is 42.0 Å². The minimum absolute atomic E-state index is 0.189. The molecule has 0 radical (unpaired) electrons. The minimum Gasteiger partial charge on any atom is -0.370 e. The maximum atomic E-state index is 6.98. The molecule has 0 saturated carbocycles. The molecule has 0 aliphatic heterocycles. The predicted molar refractivity (Wildman–Crippen MR) is 68.5 cm³/mol. The van der Waals surface area contributed by atoms with Crippen molar-refractivity contribution in [2.24, 2.45) is 16.5 Å². The second-order valence-electron chi connectivity index (χ2n) is 4.23. The summed E-state index contributed by atoms with van der Waals surface area (Å²) in [6.07, 6.45) is 0. The molecule has 6 nitrogen and oxygen atoms in total. The minimum atomic E-state index is -0.189. The average Bonchev–Trinajstić information content (AvgIpc) is 2.09. The van der Waals surface area contributed by atoms with Crippen LogP contribution in [0.2, 0.25) is 0 Å². The highest BCUT2D eigenvalue weighted by atomic mass is 15.2. The first-order chi connectivity index (χ1) is 7.34. The van der Waals surface area contributed by atoms with Crippen LogP contribution in [0.4, 0.5) is 0 Å². The summed E-state index contributed by atoms with van der Waals surface area (Å²) in [4.78, 5) is 6.41. The normalized spacial score (nSPS) is 12.6. The van der Waals surface area contributed by atoms with Gasteiger partial charge in [-0.15, -0.1) is 0 Å². The molecule has 0 unspecified atom stereocenters.